The van der Waals surface area contributed by atoms with E-state index >= 15 is 0 Å². The van der Waals surface area contributed by atoms with E-state index in [1.54, 1.807) is 38.1 Å². The second-order valence-corrected chi connectivity index (χ2v) is 10.1. The number of thiophene rings is 1. The van der Waals surface area contributed by atoms with E-state index in [1.807, 2.05) is 13.8 Å². The van der Waals surface area contributed by atoms with Crippen molar-refractivity contribution in [3.8, 4) is 10.8 Å². The molecular formula is C25H29N5O5S. The van der Waals surface area contributed by atoms with E-state index in [0.29, 0.717) is 32.1 Å². The molecule has 3 heterocycles. The van der Waals surface area contributed by atoms with Crippen LogP contribution in [0.3, 0.4) is 0 Å². The van der Waals surface area contributed by atoms with Gasteiger partial charge in [0.2, 0.25) is 0 Å². The number of fused-ring (bicyclic) bond motifs is 1. The smallest absolute Gasteiger partial charge is 0.332 e. The number of ketones is 1. The summed E-state index contributed by atoms with van der Waals surface area (Å²) < 4.78 is 7.74. The maximum absolute atomic E-state index is 13.8. The summed E-state index contributed by atoms with van der Waals surface area (Å²) in [5, 5.41) is 20.4. The maximum atomic E-state index is 13.8. The summed E-state index contributed by atoms with van der Waals surface area (Å²) in [6, 6.07) is 6.03. The second kappa shape index (κ2) is 10.2. The van der Waals surface area contributed by atoms with E-state index in [-0.39, 0.29) is 24.7 Å². The standard InChI is InChI=1S/C25H29N5O5S/c1-14(2)12-18(31)16(4)29-22(33)21-15(3)23(30-26-10-11-27-30)36-24(21)28(25(29)34)13-19(32)17-8-6-7-9-20(17)35-5/h6-11,14,16,19,32H,12-13H2,1-5H3/t16-,19+/m1/s1. The van der Waals surface area contributed by atoms with Crippen LogP contribution >= 0.6 is 11.3 Å². The van der Waals surface area contributed by atoms with E-state index < -0.39 is 23.4 Å². The van der Waals surface area contributed by atoms with Crippen LogP contribution in [0, 0.1) is 12.8 Å². The number of aromatic nitrogens is 5. The summed E-state index contributed by atoms with van der Waals surface area (Å²) in [5.41, 5.74) is -0.111. The number of benzene rings is 1. The fourth-order valence-electron chi connectivity index (χ4n) is 4.30. The van der Waals surface area contributed by atoms with Gasteiger partial charge < -0.3 is 9.84 Å². The van der Waals surface area contributed by atoms with Crippen molar-refractivity contribution in [1.29, 1.82) is 0 Å². The summed E-state index contributed by atoms with van der Waals surface area (Å²) in [5.74, 6) is 0.350. The SMILES string of the molecule is COc1ccccc1[C@@H](O)Cn1c(=O)n([C@H](C)C(=O)CC(C)C)c(=O)c2c(C)c(-n3nccn3)sc21. The molecule has 0 saturated heterocycles. The molecule has 0 aliphatic rings. The van der Waals surface area contributed by atoms with Gasteiger partial charge in [-0.2, -0.15) is 10.2 Å². The van der Waals surface area contributed by atoms with Crippen LogP contribution in [0.25, 0.3) is 15.2 Å². The number of hydrogen-bond donors (Lipinski definition) is 1. The van der Waals surface area contributed by atoms with Crippen LogP contribution in [0.4, 0.5) is 0 Å². The van der Waals surface area contributed by atoms with Crippen molar-refractivity contribution in [3.63, 3.8) is 0 Å². The molecule has 4 aromatic rings. The number of aryl methyl sites for hydroxylation is 1. The molecule has 0 fully saturated rings. The van der Waals surface area contributed by atoms with Crippen LogP contribution in [0.15, 0.2) is 46.2 Å². The van der Waals surface area contributed by atoms with Gasteiger partial charge in [0.05, 0.1) is 37.5 Å². The van der Waals surface area contributed by atoms with E-state index in [1.165, 1.54) is 40.2 Å². The van der Waals surface area contributed by atoms with Gasteiger partial charge >= 0.3 is 5.69 Å². The molecule has 190 valence electrons. The Labute approximate surface area is 211 Å². The van der Waals surface area contributed by atoms with Gasteiger partial charge in [0.25, 0.3) is 5.56 Å². The zero-order valence-corrected chi connectivity index (χ0v) is 21.7. The van der Waals surface area contributed by atoms with Crippen molar-refractivity contribution in [3.05, 3.63) is 68.6 Å². The average molecular weight is 512 g/mol. The Morgan fingerprint density at radius 1 is 1.14 bits per heavy atom. The molecule has 0 spiro atoms. The third-order valence-corrected chi connectivity index (χ3v) is 7.42. The molecule has 36 heavy (non-hydrogen) atoms. The van der Waals surface area contributed by atoms with Gasteiger partial charge in [-0.1, -0.05) is 43.4 Å². The summed E-state index contributed by atoms with van der Waals surface area (Å²) in [7, 11) is 1.50. The molecule has 4 rings (SSSR count). The minimum absolute atomic E-state index is 0.0781. The Kier molecular flexibility index (Phi) is 7.23. The van der Waals surface area contributed by atoms with E-state index in [9.17, 15) is 19.5 Å². The molecule has 2 atom stereocenters. The number of methoxy groups -OCH3 is 1. The van der Waals surface area contributed by atoms with Crippen LogP contribution in [0.2, 0.25) is 0 Å². The first-order valence-corrected chi connectivity index (χ1v) is 12.5. The molecule has 0 radical (unpaired) electrons. The van der Waals surface area contributed by atoms with E-state index in [0.717, 1.165) is 4.57 Å². The second-order valence-electron chi connectivity index (χ2n) is 9.10. The highest BCUT2D eigenvalue weighted by Crippen LogP contribution is 2.32. The highest BCUT2D eigenvalue weighted by atomic mass is 32.1. The minimum atomic E-state index is -1.11. The lowest BCUT2D eigenvalue weighted by molar-refractivity contribution is -0.122. The molecule has 0 unspecified atom stereocenters. The minimum Gasteiger partial charge on any atom is -0.496 e. The first kappa shape index (κ1) is 25.5. The Bertz CT molecular complexity index is 1520. The van der Waals surface area contributed by atoms with Gasteiger partial charge in [0, 0.05) is 17.5 Å². The molecule has 11 heteroatoms. The highest BCUT2D eigenvalue weighted by molar-refractivity contribution is 7.21. The van der Waals surface area contributed by atoms with Crippen molar-refractivity contribution in [1.82, 2.24) is 24.1 Å². The van der Waals surface area contributed by atoms with E-state index in [2.05, 4.69) is 10.2 Å². The molecule has 0 bridgehead atoms. The Morgan fingerprint density at radius 2 is 1.81 bits per heavy atom. The predicted octanol–water partition coefficient (Wildman–Crippen LogP) is 3.03. The van der Waals surface area contributed by atoms with Gasteiger partial charge in [-0.25, -0.2) is 9.36 Å². The van der Waals surface area contributed by atoms with Gasteiger partial charge in [-0.3, -0.25) is 14.2 Å². The van der Waals surface area contributed by atoms with Crippen LogP contribution in [-0.2, 0) is 11.3 Å². The zero-order valence-electron chi connectivity index (χ0n) is 20.8. The van der Waals surface area contributed by atoms with Crippen LogP contribution < -0.4 is 16.0 Å². The number of hydrogen-bond acceptors (Lipinski definition) is 8. The fourth-order valence-corrected chi connectivity index (χ4v) is 5.52. The predicted molar refractivity (Wildman–Crippen MR) is 137 cm³/mol. The van der Waals surface area contributed by atoms with Gasteiger partial charge in [-0.05, 0) is 25.8 Å². The van der Waals surface area contributed by atoms with Crippen LogP contribution in [0.5, 0.6) is 5.75 Å². The number of aliphatic hydroxyl groups excluding tert-OH is 1. The number of rotatable bonds is 9. The molecule has 0 amide bonds. The zero-order chi connectivity index (χ0) is 26.1. The summed E-state index contributed by atoms with van der Waals surface area (Å²) in [6.07, 6.45) is 2.17. The molecule has 10 nitrogen and oxygen atoms in total. The molecule has 3 aromatic heterocycles. The molecule has 0 aliphatic carbocycles. The molecular weight excluding hydrogens is 482 g/mol. The third kappa shape index (κ3) is 4.51. The fraction of sp³-hybridized carbons (Fsp3) is 0.400. The third-order valence-electron chi connectivity index (χ3n) is 6.13. The lowest BCUT2D eigenvalue weighted by atomic mass is 10.0. The molecule has 1 N–H and O–H groups in total. The normalized spacial score (nSPS) is 13.3. The van der Waals surface area contributed by atoms with Crippen molar-refractivity contribution in [2.45, 2.75) is 52.8 Å². The first-order valence-electron chi connectivity index (χ1n) is 11.6. The summed E-state index contributed by atoms with van der Waals surface area (Å²) >= 11 is 1.18. The summed E-state index contributed by atoms with van der Waals surface area (Å²) in [4.78, 5) is 42.1. The van der Waals surface area contributed by atoms with Gasteiger partial charge in [0.1, 0.15) is 21.7 Å². The lowest BCUT2D eigenvalue weighted by Crippen LogP contribution is -2.44. The lowest BCUT2D eigenvalue weighted by Gasteiger charge is -2.20. The maximum Gasteiger partial charge on any atom is 0.332 e. The molecule has 1 aromatic carbocycles. The summed E-state index contributed by atoms with van der Waals surface area (Å²) in [6.45, 7) is 7.00. The van der Waals surface area contributed by atoms with Gasteiger partial charge in [0.15, 0.2) is 5.78 Å². The highest BCUT2D eigenvalue weighted by Gasteiger charge is 2.28. The number of ether oxygens (including phenoxy) is 1. The average Bonchev–Trinajstić information content (AvgIpc) is 3.49. The number of carbonyl (C=O) groups excluding carboxylic acids is 1. The van der Waals surface area contributed by atoms with Crippen molar-refractivity contribution in [2.24, 2.45) is 5.92 Å². The van der Waals surface area contributed by atoms with Gasteiger partial charge in [-0.15, -0.1) is 4.80 Å². The Hall–Kier alpha value is -3.57. The number of aliphatic hydroxyl groups is 1. The van der Waals surface area contributed by atoms with Crippen molar-refractivity contribution < 1.29 is 14.6 Å². The number of nitrogens with zero attached hydrogens (tertiary/aromatic N) is 5. The van der Waals surface area contributed by atoms with Crippen LogP contribution in [-0.4, -0.2) is 42.1 Å². The number of para-hydroxylation sites is 1. The molecule has 0 saturated carbocycles. The van der Waals surface area contributed by atoms with E-state index in [4.69, 9.17) is 4.74 Å². The van der Waals surface area contributed by atoms with Crippen LogP contribution in [0.1, 0.15) is 50.5 Å². The topological polar surface area (TPSA) is 121 Å². The number of carbonyl (C=O) groups is 1. The Balaban J connectivity index is 1.96. The largest absolute Gasteiger partial charge is 0.496 e. The van der Waals surface area contributed by atoms with Crippen molar-refractivity contribution >= 4 is 27.3 Å². The quantitative estimate of drug-likeness (QED) is 0.367. The Morgan fingerprint density at radius 3 is 2.44 bits per heavy atom. The molecule has 0 aliphatic heterocycles. The first-order chi connectivity index (χ1) is 17.1. The monoisotopic (exact) mass is 511 g/mol. The van der Waals surface area contributed by atoms with Crippen molar-refractivity contribution in [2.75, 3.05) is 7.11 Å². The number of Topliss-reactive ketones (excluding diaryl/α,β-unsaturated/α-hetero) is 1.